The van der Waals surface area contributed by atoms with Gasteiger partial charge in [0.25, 0.3) is 0 Å². The second-order valence-corrected chi connectivity index (χ2v) is 4.47. The van der Waals surface area contributed by atoms with Crippen molar-refractivity contribution in [3.8, 4) is 5.75 Å². The van der Waals surface area contributed by atoms with Crippen LogP contribution in [0.3, 0.4) is 0 Å². The van der Waals surface area contributed by atoms with Crippen LogP contribution in [0, 0.1) is 0 Å². The molecule has 6 nitrogen and oxygen atoms in total. The molecule has 1 unspecified atom stereocenters. The number of amides is 2. The van der Waals surface area contributed by atoms with Crippen LogP contribution in [0.5, 0.6) is 5.75 Å². The summed E-state index contributed by atoms with van der Waals surface area (Å²) < 4.78 is 9.87. The number of hydrogen-bond acceptors (Lipinski definition) is 4. The van der Waals surface area contributed by atoms with Crippen LogP contribution in [0.1, 0.15) is 6.92 Å². The van der Waals surface area contributed by atoms with Gasteiger partial charge in [-0.3, -0.25) is 0 Å². The highest BCUT2D eigenvalue weighted by atomic mass is 16.5. The molecule has 19 heavy (non-hydrogen) atoms. The van der Waals surface area contributed by atoms with Crippen LogP contribution < -0.4 is 15.4 Å². The molecule has 0 fully saturated rings. The molecule has 0 spiro atoms. The Balaban J connectivity index is 2.42. The largest absolute Gasteiger partial charge is 0.497 e. The third-order valence-corrected chi connectivity index (χ3v) is 2.43. The summed E-state index contributed by atoms with van der Waals surface area (Å²) in [6.45, 7) is 1.84. The Morgan fingerprint density at radius 1 is 1.32 bits per heavy atom. The highest BCUT2D eigenvalue weighted by Gasteiger charge is 2.20. The lowest BCUT2D eigenvalue weighted by molar-refractivity contribution is -0.0133. The van der Waals surface area contributed by atoms with Gasteiger partial charge in [0.15, 0.2) is 0 Å². The van der Waals surface area contributed by atoms with Gasteiger partial charge in [0.1, 0.15) is 11.4 Å². The maximum Gasteiger partial charge on any atom is 0.319 e. The number of urea groups is 1. The average Bonchev–Trinajstić information content (AvgIpc) is 2.37. The number of anilines is 1. The van der Waals surface area contributed by atoms with E-state index in [1.54, 1.807) is 38.3 Å². The molecule has 0 saturated heterocycles. The number of nitrogens with one attached hydrogen (secondary N) is 2. The fourth-order valence-corrected chi connectivity index (χ4v) is 1.48. The van der Waals surface area contributed by atoms with Crippen LogP contribution in [0.15, 0.2) is 24.3 Å². The van der Waals surface area contributed by atoms with Gasteiger partial charge in [-0.25, -0.2) is 4.79 Å². The minimum Gasteiger partial charge on any atom is -0.497 e. The van der Waals surface area contributed by atoms with Crippen molar-refractivity contribution in [3.05, 3.63) is 24.3 Å². The molecule has 2 amide bonds. The third-order valence-electron chi connectivity index (χ3n) is 2.43. The summed E-state index contributed by atoms with van der Waals surface area (Å²) >= 11 is 0. The zero-order valence-electron chi connectivity index (χ0n) is 11.4. The van der Waals surface area contributed by atoms with Crippen molar-refractivity contribution < 1.29 is 19.4 Å². The van der Waals surface area contributed by atoms with Crippen molar-refractivity contribution in [1.82, 2.24) is 5.32 Å². The molecule has 0 aliphatic heterocycles. The third kappa shape index (κ3) is 5.58. The SMILES string of the molecule is COCC(C)(O)CNC(=O)Nc1ccc(OC)cc1. The Bertz CT molecular complexity index is 404. The first-order valence-electron chi connectivity index (χ1n) is 5.87. The monoisotopic (exact) mass is 268 g/mol. The van der Waals surface area contributed by atoms with Crippen LogP contribution >= 0.6 is 0 Å². The normalized spacial score (nSPS) is 13.5. The molecule has 1 aromatic rings. The zero-order valence-corrected chi connectivity index (χ0v) is 11.4. The number of rotatable bonds is 6. The molecule has 3 N–H and O–H groups in total. The number of carbonyl (C=O) groups is 1. The van der Waals surface area contributed by atoms with Crippen LogP contribution in [-0.4, -0.2) is 44.1 Å². The first-order valence-corrected chi connectivity index (χ1v) is 5.87. The lowest BCUT2D eigenvalue weighted by Crippen LogP contribution is -2.45. The molecule has 6 heteroatoms. The van der Waals surface area contributed by atoms with Gasteiger partial charge in [0, 0.05) is 12.8 Å². The molecule has 0 aliphatic carbocycles. The molecule has 1 aromatic carbocycles. The predicted molar refractivity (Wildman–Crippen MR) is 72.5 cm³/mol. The summed E-state index contributed by atoms with van der Waals surface area (Å²) in [7, 11) is 3.07. The molecule has 1 rings (SSSR count). The van der Waals surface area contributed by atoms with E-state index in [2.05, 4.69) is 10.6 Å². The number of benzene rings is 1. The zero-order chi connectivity index (χ0) is 14.3. The molecular weight excluding hydrogens is 248 g/mol. The molecule has 0 aliphatic rings. The maximum atomic E-state index is 11.6. The molecular formula is C13H20N2O4. The number of hydrogen-bond donors (Lipinski definition) is 3. The van der Waals surface area contributed by atoms with Crippen LogP contribution in [0.25, 0.3) is 0 Å². The van der Waals surface area contributed by atoms with E-state index in [1.807, 2.05) is 0 Å². The number of ether oxygens (including phenoxy) is 2. The van der Waals surface area contributed by atoms with Gasteiger partial charge in [-0.15, -0.1) is 0 Å². The lowest BCUT2D eigenvalue weighted by Gasteiger charge is -2.22. The van der Waals surface area contributed by atoms with Crippen molar-refractivity contribution >= 4 is 11.7 Å². The van der Waals surface area contributed by atoms with Gasteiger partial charge in [-0.05, 0) is 31.2 Å². The van der Waals surface area contributed by atoms with Gasteiger partial charge < -0.3 is 25.2 Å². The van der Waals surface area contributed by atoms with E-state index in [9.17, 15) is 9.90 Å². The number of carbonyl (C=O) groups excluding carboxylic acids is 1. The predicted octanol–water partition coefficient (Wildman–Crippen LogP) is 1.21. The van der Waals surface area contributed by atoms with Crippen LogP contribution in [-0.2, 0) is 4.74 Å². The fourth-order valence-electron chi connectivity index (χ4n) is 1.48. The van der Waals surface area contributed by atoms with Gasteiger partial charge in [0.2, 0.25) is 0 Å². The summed E-state index contributed by atoms with van der Waals surface area (Å²) in [4.78, 5) is 11.6. The number of aliphatic hydroxyl groups is 1. The Labute approximate surface area is 112 Å². The van der Waals surface area contributed by atoms with Gasteiger partial charge >= 0.3 is 6.03 Å². The van der Waals surface area contributed by atoms with Crippen LogP contribution in [0.4, 0.5) is 10.5 Å². The minimum absolute atomic E-state index is 0.100. The van der Waals surface area contributed by atoms with Crippen molar-refractivity contribution in [3.63, 3.8) is 0 Å². The molecule has 0 radical (unpaired) electrons. The molecule has 0 bridgehead atoms. The quantitative estimate of drug-likeness (QED) is 0.724. The summed E-state index contributed by atoms with van der Waals surface area (Å²) in [5, 5.41) is 15.0. The first kappa shape index (κ1) is 15.3. The topological polar surface area (TPSA) is 79.8 Å². The number of methoxy groups -OCH3 is 2. The van der Waals surface area contributed by atoms with E-state index < -0.39 is 5.60 Å². The second-order valence-electron chi connectivity index (χ2n) is 4.47. The van der Waals surface area contributed by atoms with Crippen molar-refractivity contribution in [2.75, 3.05) is 32.7 Å². The summed E-state index contributed by atoms with van der Waals surface area (Å²) in [6, 6.07) is 6.56. The molecule has 0 aromatic heterocycles. The van der Waals surface area contributed by atoms with E-state index in [4.69, 9.17) is 9.47 Å². The molecule has 0 saturated carbocycles. The van der Waals surface area contributed by atoms with Gasteiger partial charge in [-0.1, -0.05) is 0 Å². The van der Waals surface area contributed by atoms with E-state index in [0.717, 1.165) is 0 Å². The highest BCUT2D eigenvalue weighted by Crippen LogP contribution is 2.14. The lowest BCUT2D eigenvalue weighted by atomic mass is 10.1. The Hall–Kier alpha value is -1.79. The van der Waals surface area contributed by atoms with Gasteiger partial charge in [0.05, 0.1) is 20.3 Å². The smallest absolute Gasteiger partial charge is 0.319 e. The summed E-state index contributed by atoms with van der Waals surface area (Å²) in [6.07, 6.45) is 0. The van der Waals surface area contributed by atoms with Crippen molar-refractivity contribution in [2.24, 2.45) is 0 Å². The van der Waals surface area contributed by atoms with E-state index in [-0.39, 0.29) is 19.2 Å². The van der Waals surface area contributed by atoms with Crippen molar-refractivity contribution in [2.45, 2.75) is 12.5 Å². The van der Waals surface area contributed by atoms with E-state index in [1.165, 1.54) is 7.11 Å². The van der Waals surface area contributed by atoms with Gasteiger partial charge in [-0.2, -0.15) is 0 Å². The Morgan fingerprint density at radius 2 is 1.95 bits per heavy atom. The molecule has 1 atom stereocenters. The average molecular weight is 268 g/mol. The minimum atomic E-state index is -1.09. The fraction of sp³-hybridized carbons (Fsp3) is 0.462. The summed E-state index contributed by atoms with van der Waals surface area (Å²) in [5.74, 6) is 0.717. The molecule has 0 heterocycles. The van der Waals surface area contributed by atoms with E-state index >= 15 is 0 Å². The summed E-state index contributed by atoms with van der Waals surface area (Å²) in [5.41, 5.74) is -0.448. The maximum absolute atomic E-state index is 11.6. The Kier molecular flexibility index (Phi) is 5.59. The van der Waals surface area contributed by atoms with Crippen molar-refractivity contribution in [1.29, 1.82) is 0 Å². The highest BCUT2D eigenvalue weighted by molar-refractivity contribution is 5.89. The second kappa shape index (κ2) is 6.96. The van der Waals surface area contributed by atoms with Crippen LogP contribution in [0.2, 0.25) is 0 Å². The Morgan fingerprint density at radius 3 is 2.47 bits per heavy atom. The van der Waals surface area contributed by atoms with E-state index in [0.29, 0.717) is 11.4 Å². The standard InChI is InChI=1S/C13H20N2O4/c1-13(17,9-18-2)8-14-12(16)15-10-4-6-11(19-3)7-5-10/h4-7,17H,8-9H2,1-3H3,(H2,14,15,16). The molecule has 106 valence electrons. The first-order chi connectivity index (χ1) is 8.96.